The summed E-state index contributed by atoms with van der Waals surface area (Å²) in [5.74, 6) is -0.598. The number of fused-ring (bicyclic) bond motifs is 1. The molecule has 3 aromatic rings. The maximum absolute atomic E-state index is 12.5. The zero-order valence-electron chi connectivity index (χ0n) is 13.2. The fourth-order valence-electron chi connectivity index (χ4n) is 2.33. The number of benzene rings is 1. The third kappa shape index (κ3) is 2.94. The summed E-state index contributed by atoms with van der Waals surface area (Å²) < 4.78 is 1.35. The van der Waals surface area contributed by atoms with E-state index in [2.05, 4.69) is 10.3 Å². The molecule has 3 rings (SSSR count). The van der Waals surface area contributed by atoms with Crippen molar-refractivity contribution in [1.82, 2.24) is 9.38 Å². The summed E-state index contributed by atoms with van der Waals surface area (Å²) in [7, 11) is 0. The average molecular weight is 321 g/mol. The molecule has 2 aromatic heterocycles. The summed E-state index contributed by atoms with van der Waals surface area (Å²) in [6.45, 7) is 3.33. The number of hydrogen-bond donors (Lipinski definition) is 1. The molecule has 24 heavy (non-hydrogen) atoms. The molecule has 0 aliphatic rings. The number of amides is 1. The van der Waals surface area contributed by atoms with E-state index in [0.29, 0.717) is 16.9 Å². The van der Waals surface area contributed by atoms with Gasteiger partial charge in [-0.2, -0.15) is 0 Å². The van der Waals surface area contributed by atoms with Crippen LogP contribution in [0.4, 0.5) is 5.69 Å². The topological polar surface area (TPSA) is 80.5 Å². The van der Waals surface area contributed by atoms with Gasteiger partial charge in [-0.25, -0.2) is 4.98 Å². The maximum Gasteiger partial charge on any atom is 0.270 e. The number of pyridine rings is 1. The van der Waals surface area contributed by atoms with Gasteiger partial charge in [0.05, 0.1) is 0 Å². The Kier molecular flexibility index (Phi) is 3.95. The Balaban J connectivity index is 1.92. The van der Waals surface area contributed by atoms with Crippen LogP contribution in [0, 0.1) is 6.92 Å². The van der Waals surface area contributed by atoms with Gasteiger partial charge in [-0.3, -0.25) is 18.8 Å². The Labute approximate surface area is 137 Å². The molecule has 0 aliphatic heterocycles. The zero-order chi connectivity index (χ0) is 17.3. The van der Waals surface area contributed by atoms with Crippen molar-refractivity contribution in [2.45, 2.75) is 13.8 Å². The number of aryl methyl sites for hydroxylation is 1. The summed E-state index contributed by atoms with van der Waals surface area (Å²) in [6.07, 6.45) is 2.91. The quantitative estimate of drug-likeness (QED) is 0.751. The first-order valence-corrected chi connectivity index (χ1v) is 7.36. The van der Waals surface area contributed by atoms with Crippen LogP contribution in [0.3, 0.4) is 0 Å². The van der Waals surface area contributed by atoms with E-state index in [-0.39, 0.29) is 11.3 Å². The molecule has 0 fully saturated rings. The summed E-state index contributed by atoms with van der Waals surface area (Å²) in [5, 5.41) is 2.64. The number of carbonyl (C=O) groups is 2. The van der Waals surface area contributed by atoms with Crippen molar-refractivity contribution in [1.29, 1.82) is 0 Å². The van der Waals surface area contributed by atoms with Crippen molar-refractivity contribution < 1.29 is 9.59 Å². The van der Waals surface area contributed by atoms with E-state index in [4.69, 9.17) is 0 Å². The lowest BCUT2D eigenvalue weighted by molar-refractivity contribution is 0.101. The van der Waals surface area contributed by atoms with E-state index >= 15 is 0 Å². The van der Waals surface area contributed by atoms with Crippen LogP contribution in [0.5, 0.6) is 0 Å². The standard InChI is InChI=1S/C18H15N3O3/c1-11-3-8-16-19-9-15(18(24)21(16)10-11)17(23)20-14-6-4-13(5-7-14)12(2)22/h3-10H,1-2H3,(H,20,23). The van der Waals surface area contributed by atoms with Gasteiger partial charge in [0.25, 0.3) is 11.5 Å². The zero-order valence-corrected chi connectivity index (χ0v) is 13.2. The Morgan fingerprint density at radius 2 is 1.79 bits per heavy atom. The van der Waals surface area contributed by atoms with Gasteiger partial charge in [0.2, 0.25) is 0 Å². The van der Waals surface area contributed by atoms with Gasteiger partial charge in [-0.15, -0.1) is 0 Å². The molecule has 6 heteroatoms. The number of anilines is 1. The van der Waals surface area contributed by atoms with E-state index in [9.17, 15) is 14.4 Å². The third-order valence-electron chi connectivity index (χ3n) is 3.64. The third-order valence-corrected chi connectivity index (χ3v) is 3.64. The molecule has 0 radical (unpaired) electrons. The van der Waals surface area contributed by atoms with E-state index in [1.807, 2.05) is 13.0 Å². The molecule has 120 valence electrons. The average Bonchev–Trinajstić information content (AvgIpc) is 2.56. The van der Waals surface area contributed by atoms with Crippen molar-refractivity contribution in [3.05, 3.63) is 75.8 Å². The van der Waals surface area contributed by atoms with E-state index < -0.39 is 11.5 Å². The molecule has 0 saturated carbocycles. The van der Waals surface area contributed by atoms with Gasteiger partial charge in [-0.05, 0) is 49.7 Å². The predicted octanol–water partition coefficient (Wildman–Crippen LogP) is 2.46. The second kappa shape index (κ2) is 6.08. The molecule has 0 saturated heterocycles. The molecule has 0 spiro atoms. The van der Waals surface area contributed by atoms with Crippen LogP contribution in [0.1, 0.15) is 33.2 Å². The van der Waals surface area contributed by atoms with E-state index in [0.717, 1.165) is 5.56 Å². The van der Waals surface area contributed by atoms with Crippen molar-refractivity contribution in [2.24, 2.45) is 0 Å². The van der Waals surface area contributed by atoms with E-state index in [1.165, 1.54) is 17.5 Å². The van der Waals surface area contributed by atoms with Gasteiger partial charge in [0.15, 0.2) is 5.78 Å². The highest BCUT2D eigenvalue weighted by molar-refractivity contribution is 6.04. The van der Waals surface area contributed by atoms with Gasteiger partial charge < -0.3 is 5.32 Å². The number of carbonyl (C=O) groups excluding carboxylic acids is 2. The van der Waals surface area contributed by atoms with Gasteiger partial charge in [0.1, 0.15) is 11.2 Å². The van der Waals surface area contributed by atoms with E-state index in [1.54, 1.807) is 36.5 Å². The Morgan fingerprint density at radius 1 is 1.08 bits per heavy atom. The molecule has 0 atom stereocenters. The predicted molar refractivity (Wildman–Crippen MR) is 90.6 cm³/mol. The molecular weight excluding hydrogens is 306 g/mol. The van der Waals surface area contributed by atoms with Crippen molar-refractivity contribution in [2.75, 3.05) is 5.32 Å². The molecule has 1 amide bonds. The summed E-state index contributed by atoms with van der Waals surface area (Å²) in [5.41, 5.74) is 1.95. The van der Waals surface area contributed by atoms with Crippen LogP contribution in [0.25, 0.3) is 5.65 Å². The Hall–Kier alpha value is -3.28. The first kappa shape index (κ1) is 15.6. The lowest BCUT2D eigenvalue weighted by Crippen LogP contribution is -2.26. The summed E-state index contributed by atoms with van der Waals surface area (Å²) in [6, 6.07) is 10.0. The van der Waals surface area contributed by atoms with Crippen LogP contribution in [-0.2, 0) is 0 Å². The summed E-state index contributed by atoms with van der Waals surface area (Å²) >= 11 is 0. The number of nitrogens with one attached hydrogen (secondary N) is 1. The Bertz CT molecular complexity index is 1000. The molecular formula is C18H15N3O3. The molecule has 2 heterocycles. The van der Waals surface area contributed by atoms with Crippen LogP contribution in [-0.4, -0.2) is 21.1 Å². The monoisotopic (exact) mass is 321 g/mol. The number of hydrogen-bond acceptors (Lipinski definition) is 4. The fraction of sp³-hybridized carbons (Fsp3) is 0.111. The fourth-order valence-corrected chi connectivity index (χ4v) is 2.33. The number of ketones is 1. The minimum Gasteiger partial charge on any atom is -0.322 e. The molecule has 0 bridgehead atoms. The molecule has 1 aromatic carbocycles. The van der Waals surface area contributed by atoms with Gasteiger partial charge in [-0.1, -0.05) is 6.07 Å². The van der Waals surface area contributed by atoms with Gasteiger partial charge in [0, 0.05) is 23.6 Å². The largest absolute Gasteiger partial charge is 0.322 e. The van der Waals surface area contributed by atoms with Crippen LogP contribution < -0.4 is 10.9 Å². The minimum absolute atomic E-state index is 0.0475. The number of rotatable bonds is 3. The normalized spacial score (nSPS) is 10.6. The smallest absolute Gasteiger partial charge is 0.270 e. The molecule has 1 N–H and O–H groups in total. The second-order valence-electron chi connectivity index (χ2n) is 5.50. The Morgan fingerprint density at radius 3 is 2.46 bits per heavy atom. The molecule has 0 unspecified atom stereocenters. The number of aromatic nitrogens is 2. The molecule has 0 aliphatic carbocycles. The minimum atomic E-state index is -0.543. The highest BCUT2D eigenvalue weighted by Crippen LogP contribution is 2.11. The second-order valence-corrected chi connectivity index (χ2v) is 5.50. The van der Waals surface area contributed by atoms with Crippen LogP contribution >= 0.6 is 0 Å². The first-order valence-electron chi connectivity index (χ1n) is 7.36. The lowest BCUT2D eigenvalue weighted by atomic mass is 10.1. The number of nitrogens with zero attached hydrogens (tertiary/aromatic N) is 2. The van der Waals surface area contributed by atoms with Crippen molar-refractivity contribution in [3.63, 3.8) is 0 Å². The SMILES string of the molecule is CC(=O)c1ccc(NC(=O)c2cnc3ccc(C)cn3c2=O)cc1. The van der Waals surface area contributed by atoms with Crippen molar-refractivity contribution in [3.8, 4) is 0 Å². The lowest BCUT2D eigenvalue weighted by Gasteiger charge is -2.07. The van der Waals surface area contributed by atoms with Crippen LogP contribution in [0.15, 0.2) is 53.6 Å². The first-order chi connectivity index (χ1) is 11.5. The number of Topliss-reactive ketones (excluding diaryl/α,β-unsaturated/α-hetero) is 1. The van der Waals surface area contributed by atoms with Crippen LogP contribution in [0.2, 0.25) is 0 Å². The van der Waals surface area contributed by atoms with Crippen molar-refractivity contribution >= 4 is 23.0 Å². The highest BCUT2D eigenvalue weighted by atomic mass is 16.2. The molecule has 6 nitrogen and oxygen atoms in total. The van der Waals surface area contributed by atoms with Gasteiger partial charge >= 0.3 is 0 Å². The maximum atomic E-state index is 12.5. The highest BCUT2D eigenvalue weighted by Gasteiger charge is 2.13. The summed E-state index contributed by atoms with van der Waals surface area (Å²) in [4.78, 5) is 40.2.